The van der Waals surface area contributed by atoms with E-state index in [1.54, 1.807) is 6.07 Å². The van der Waals surface area contributed by atoms with Crippen LogP contribution < -0.4 is 4.74 Å². The number of phenolic OH excluding ortho intramolecular Hbond substituents is 1. The van der Waals surface area contributed by atoms with Gasteiger partial charge in [0.15, 0.2) is 11.9 Å². The van der Waals surface area contributed by atoms with Crippen molar-refractivity contribution < 1.29 is 19.1 Å². The molecule has 5 aliphatic rings. The van der Waals surface area contributed by atoms with E-state index < -0.39 is 0 Å². The number of piperidine rings is 1. The van der Waals surface area contributed by atoms with Crippen molar-refractivity contribution in [2.75, 3.05) is 20.1 Å². The molecule has 1 spiro atoms. The fourth-order valence-electron chi connectivity index (χ4n) is 6.92. The van der Waals surface area contributed by atoms with Gasteiger partial charge in [0.05, 0.1) is 31.6 Å². The van der Waals surface area contributed by atoms with Gasteiger partial charge in [-0.25, -0.2) is 0 Å². The summed E-state index contributed by atoms with van der Waals surface area (Å²) in [6, 6.07) is 4.17. The molecule has 0 amide bonds. The number of hydrogen-bond acceptors (Lipinski definition) is 3. The lowest BCUT2D eigenvalue weighted by Gasteiger charge is -2.60. The Morgan fingerprint density at radius 2 is 2.16 bits per heavy atom. The van der Waals surface area contributed by atoms with Crippen LogP contribution in [0, 0.1) is 11.8 Å². The summed E-state index contributed by atoms with van der Waals surface area (Å²) < 4.78 is 7.37. The molecular weight excluding hydrogens is 314 g/mol. The van der Waals surface area contributed by atoms with Gasteiger partial charge < -0.3 is 14.3 Å². The Balaban J connectivity index is 1.56. The molecule has 4 nitrogen and oxygen atoms in total. The molecule has 3 fully saturated rings. The number of nitrogens with zero attached hydrogens (tertiary/aromatic N) is 1. The highest BCUT2D eigenvalue weighted by Gasteiger charge is 2.69. The van der Waals surface area contributed by atoms with E-state index in [0.717, 1.165) is 47.5 Å². The second kappa shape index (κ2) is 4.40. The maximum absolute atomic E-state index is 12.8. The predicted octanol–water partition coefficient (Wildman–Crippen LogP) is 2.56. The van der Waals surface area contributed by atoms with Crippen molar-refractivity contribution in [1.29, 1.82) is 0 Å². The number of quaternary nitrogens is 1. The molecule has 4 heteroatoms. The molecule has 2 aliphatic heterocycles. The van der Waals surface area contributed by atoms with E-state index >= 15 is 0 Å². The Morgan fingerprint density at radius 1 is 1.32 bits per heavy atom. The van der Waals surface area contributed by atoms with Gasteiger partial charge in [0.2, 0.25) is 0 Å². The minimum Gasteiger partial charge on any atom is -0.508 e. The van der Waals surface area contributed by atoms with Gasteiger partial charge in [0.25, 0.3) is 0 Å². The summed E-state index contributed by atoms with van der Waals surface area (Å²) in [5.74, 6) is 2.96. The molecule has 5 atom stereocenters. The fraction of sp³-hybridized carbons (Fsp3) is 0.667. The third-order valence-corrected chi connectivity index (χ3v) is 8.17. The number of hydrogen-bond donors (Lipinski definition) is 1. The lowest BCUT2D eigenvalue weighted by Crippen LogP contribution is -2.72. The van der Waals surface area contributed by atoms with Crippen molar-refractivity contribution in [2.45, 2.75) is 56.1 Å². The molecule has 1 saturated heterocycles. The Hall–Kier alpha value is -1.55. The molecule has 2 bridgehead atoms. The van der Waals surface area contributed by atoms with Crippen molar-refractivity contribution in [3.8, 4) is 11.5 Å². The maximum atomic E-state index is 12.8. The number of likely N-dealkylation sites (N-methyl/N-ethyl adjacent to an activating group) is 1. The first-order chi connectivity index (χ1) is 12.0. The smallest absolute Gasteiger partial charge is 0.174 e. The summed E-state index contributed by atoms with van der Waals surface area (Å²) >= 11 is 0. The molecule has 6 rings (SSSR count). The standard InChI is InChI=1S/C21H25NO3/c1-22(11-12-2-3-12)9-8-21-14-4-5-17(24)20(21)25-18-7-6-16(23)13(19(18)21)10-15(14)22/h6-7,12,14-15,20H,2-5,8-11H2,1H3/p+1. The van der Waals surface area contributed by atoms with Gasteiger partial charge in [-0.15, -0.1) is 0 Å². The topological polar surface area (TPSA) is 46.5 Å². The summed E-state index contributed by atoms with van der Waals surface area (Å²) in [7, 11) is 2.43. The number of ketones is 1. The number of rotatable bonds is 2. The van der Waals surface area contributed by atoms with E-state index in [1.807, 2.05) is 6.07 Å². The molecule has 1 N–H and O–H groups in total. The summed E-state index contributed by atoms with van der Waals surface area (Å²) in [5, 5.41) is 10.6. The van der Waals surface area contributed by atoms with E-state index in [2.05, 4.69) is 7.05 Å². The van der Waals surface area contributed by atoms with Crippen molar-refractivity contribution in [2.24, 2.45) is 11.8 Å². The van der Waals surface area contributed by atoms with Crippen LogP contribution in [0.2, 0.25) is 0 Å². The van der Waals surface area contributed by atoms with Gasteiger partial charge in [-0.05, 0) is 31.4 Å². The van der Waals surface area contributed by atoms with E-state index in [9.17, 15) is 9.90 Å². The van der Waals surface area contributed by atoms with Gasteiger partial charge >= 0.3 is 0 Å². The molecule has 3 aliphatic carbocycles. The van der Waals surface area contributed by atoms with E-state index in [-0.39, 0.29) is 17.3 Å². The van der Waals surface area contributed by atoms with Gasteiger partial charge in [0.1, 0.15) is 11.5 Å². The average Bonchev–Trinajstić information content (AvgIpc) is 3.32. The molecule has 5 unspecified atom stereocenters. The van der Waals surface area contributed by atoms with E-state index in [4.69, 9.17) is 4.74 Å². The van der Waals surface area contributed by atoms with Crippen molar-refractivity contribution >= 4 is 5.78 Å². The van der Waals surface area contributed by atoms with Gasteiger partial charge in [-0.3, -0.25) is 4.79 Å². The Morgan fingerprint density at radius 3 is 2.96 bits per heavy atom. The lowest BCUT2D eigenvalue weighted by atomic mass is 9.51. The third kappa shape index (κ3) is 1.65. The van der Waals surface area contributed by atoms with Crippen LogP contribution in [-0.2, 0) is 16.6 Å². The molecule has 2 saturated carbocycles. The summed E-state index contributed by atoms with van der Waals surface area (Å²) in [6.45, 7) is 2.41. The lowest BCUT2D eigenvalue weighted by molar-refractivity contribution is -0.946. The maximum Gasteiger partial charge on any atom is 0.174 e. The van der Waals surface area contributed by atoms with Crippen LogP contribution in [0.4, 0.5) is 0 Å². The second-order valence-electron chi connectivity index (χ2n) is 9.44. The molecule has 132 valence electrons. The number of Topliss-reactive ketones (excluding diaryl/α,β-unsaturated/α-hetero) is 1. The fourth-order valence-corrected chi connectivity index (χ4v) is 6.92. The number of carbonyl (C=O) groups is 1. The van der Waals surface area contributed by atoms with Crippen LogP contribution in [0.25, 0.3) is 0 Å². The average molecular weight is 340 g/mol. The normalized spacial score (nSPS) is 43.6. The first-order valence-corrected chi connectivity index (χ1v) is 9.92. The number of ether oxygens (including phenoxy) is 1. The number of likely N-dealkylation sites (tertiary alicyclic amines) is 1. The molecule has 0 aromatic heterocycles. The quantitative estimate of drug-likeness (QED) is 0.842. The zero-order valence-electron chi connectivity index (χ0n) is 14.8. The van der Waals surface area contributed by atoms with Gasteiger partial charge in [0, 0.05) is 42.2 Å². The van der Waals surface area contributed by atoms with Crippen LogP contribution in [0.5, 0.6) is 11.5 Å². The Bertz CT molecular complexity index is 801. The largest absolute Gasteiger partial charge is 0.508 e. The summed E-state index contributed by atoms with van der Waals surface area (Å²) in [5.41, 5.74) is 2.11. The van der Waals surface area contributed by atoms with Crippen molar-refractivity contribution in [1.82, 2.24) is 0 Å². The first kappa shape index (κ1) is 14.6. The zero-order valence-corrected chi connectivity index (χ0v) is 14.8. The third-order valence-electron chi connectivity index (χ3n) is 8.17. The molecule has 1 aromatic rings. The number of phenols is 1. The summed E-state index contributed by atoms with van der Waals surface area (Å²) in [6.07, 6.45) is 6.08. The first-order valence-electron chi connectivity index (χ1n) is 9.92. The highest BCUT2D eigenvalue weighted by atomic mass is 16.5. The van der Waals surface area contributed by atoms with Crippen LogP contribution in [-0.4, -0.2) is 47.7 Å². The molecule has 0 radical (unpaired) electrons. The SMILES string of the molecule is C[N+]1(CC2CC2)CCC23c4c5ccc(O)c4CC1C2CCC(=O)C3O5. The monoisotopic (exact) mass is 340 g/mol. The minimum absolute atomic E-state index is 0.164. The van der Waals surface area contributed by atoms with Crippen molar-refractivity contribution in [3.05, 3.63) is 23.3 Å². The predicted molar refractivity (Wildman–Crippen MR) is 92.7 cm³/mol. The Kier molecular flexibility index (Phi) is 2.57. The number of carbonyl (C=O) groups excluding carboxylic acids is 1. The number of aromatic hydroxyl groups is 1. The highest BCUT2D eigenvalue weighted by Crippen LogP contribution is 2.63. The molecule has 25 heavy (non-hydrogen) atoms. The van der Waals surface area contributed by atoms with Crippen molar-refractivity contribution in [3.63, 3.8) is 0 Å². The highest BCUT2D eigenvalue weighted by molar-refractivity contribution is 5.88. The number of benzene rings is 1. The molecule has 1 aromatic carbocycles. The van der Waals surface area contributed by atoms with Crippen LogP contribution in [0.1, 0.15) is 43.2 Å². The Labute approximate surface area is 148 Å². The summed E-state index contributed by atoms with van der Waals surface area (Å²) in [4.78, 5) is 12.8. The zero-order chi connectivity index (χ0) is 17.0. The van der Waals surface area contributed by atoms with E-state index in [1.165, 1.54) is 24.9 Å². The van der Waals surface area contributed by atoms with Crippen LogP contribution in [0.15, 0.2) is 12.1 Å². The second-order valence-corrected chi connectivity index (χ2v) is 9.44. The molecular formula is C21H26NO3+. The van der Waals surface area contributed by atoms with Gasteiger partial charge in [-0.2, -0.15) is 0 Å². The van der Waals surface area contributed by atoms with Crippen LogP contribution in [0.3, 0.4) is 0 Å². The van der Waals surface area contributed by atoms with Gasteiger partial charge in [-0.1, -0.05) is 0 Å². The van der Waals surface area contributed by atoms with E-state index in [0.29, 0.717) is 24.1 Å². The molecule has 2 heterocycles. The minimum atomic E-state index is -0.306. The van der Waals surface area contributed by atoms with Crippen LogP contribution >= 0.6 is 0 Å².